The monoisotopic (exact) mass is 627 g/mol. The Bertz CT molecular complexity index is 1110. The standard InChI is InChI=1S/C24H23Br2NO5S2/c1-31-19-12-16(11-18(26)22(19)32-14-15-6-8-17(25)9-7-15)13-20-23(30)27(24(33)34-20)10-4-2-3-5-21(28)29/h6-9,11-13H,2-5,10,14H2,1H3,(H,28,29)/b20-13+. The molecule has 3 rings (SSSR count). The number of carboxylic acid groups (broad SMARTS) is 1. The number of benzene rings is 2. The second-order valence-corrected chi connectivity index (χ2v) is 10.9. The van der Waals surface area contributed by atoms with E-state index in [1.165, 1.54) is 11.8 Å². The Balaban J connectivity index is 1.68. The van der Waals surface area contributed by atoms with Gasteiger partial charge in [-0.2, -0.15) is 0 Å². The first-order valence-corrected chi connectivity index (χ1v) is 13.3. The van der Waals surface area contributed by atoms with Gasteiger partial charge in [-0.1, -0.05) is 58.5 Å². The topological polar surface area (TPSA) is 76.1 Å². The summed E-state index contributed by atoms with van der Waals surface area (Å²) >= 11 is 13.6. The number of carboxylic acids is 1. The predicted octanol–water partition coefficient (Wildman–Crippen LogP) is 6.65. The number of rotatable bonds is 11. The molecule has 0 bridgehead atoms. The molecule has 1 aliphatic rings. The van der Waals surface area contributed by atoms with Crippen LogP contribution in [-0.2, 0) is 16.2 Å². The van der Waals surface area contributed by atoms with Crippen molar-refractivity contribution < 1.29 is 24.2 Å². The normalized spacial score (nSPS) is 14.7. The number of hydrogen-bond acceptors (Lipinski definition) is 6. The summed E-state index contributed by atoms with van der Waals surface area (Å²) in [5.74, 6) is 0.182. The van der Waals surface area contributed by atoms with Crippen LogP contribution in [0.1, 0.15) is 36.8 Å². The van der Waals surface area contributed by atoms with Crippen LogP contribution in [0, 0.1) is 0 Å². The van der Waals surface area contributed by atoms with Crippen LogP contribution in [0.15, 0.2) is 50.2 Å². The zero-order valence-corrected chi connectivity index (χ0v) is 23.2. The molecule has 0 saturated carbocycles. The molecule has 1 N–H and O–H groups in total. The second-order valence-electron chi connectivity index (χ2n) is 7.49. The zero-order valence-electron chi connectivity index (χ0n) is 18.4. The van der Waals surface area contributed by atoms with E-state index in [2.05, 4.69) is 31.9 Å². The minimum absolute atomic E-state index is 0.137. The van der Waals surface area contributed by atoms with E-state index < -0.39 is 5.97 Å². The fourth-order valence-corrected chi connectivity index (χ4v) is 5.41. The van der Waals surface area contributed by atoms with Gasteiger partial charge in [0.05, 0.1) is 16.5 Å². The zero-order chi connectivity index (χ0) is 24.7. The molecule has 0 spiro atoms. The molecule has 0 aromatic heterocycles. The number of carbonyl (C=O) groups excluding carboxylic acids is 1. The summed E-state index contributed by atoms with van der Waals surface area (Å²) in [7, 11) is 1.57. The van der Waals surface area contributed by atoms with E-state index in [1.807, 2.05) is 36.4 Å². The molecule has 2 aromatic rings. The number of thioether (sulfide) groups is 1. The lowest BCUT2D eigenvalue weighted by Gasteiger charge is -2.14. The maximum absolute atomic E-state index is 12.9. The van der Waals surface area contributed by atoms with Crippen molar-refractivity contribution in [1.29, 1.82) is 0 Å². The number of methoxy groups -OCH3 is 1. The van der Waals surface area contributed by atoms with Gasteiger partial charge in [0, 0.05) is 17.4 Å². The third-order valence-electron chi connectivity index (χ3n) is 4.99. The molecule has 0 radical (unpaired) electrons. The van der Waals surface area contributed by atoms with Crippen LogP contribution in [0.2, 0.25) is 0 Å². The highest BCUT2D eigenvalue weighted by atomic mass is 79.9. The van der Waals surface area contributed by atoms with Gasteiger partial charge in [-0.3, -0.25) is 14.5 Å². The van der Waals surface area contributed by atoms with E-state index in [4.69, 9.17) is 26.8 Å². The van der Waals surface area contributed by atoms with Crippen molar-refractivity contribution >= 4 is 78.1 Å². The van der Waals surface area contributed by atoms with Crippen molar-refractivity contribution in [2.75, 3.05) is 13.7 Å². The largest absolute Gasteiger partial charge is 0.493 e. The number of thiocarbonyl (C=S) groups is 1. The quantitative estimate of drug-likeness (QED) is 0.170. The summed E-state index contributed by atoms with van der Waals surface area (Å²) in [5, 5.41) is 8.73. The van der Waals surface area contributed by atoms with Gasteiger partial charge in [0.2, 0.25) is 0 Å². The Morgan fingerprint density at radius 3 is 2.59 bits per heavy atom. The summed E-state index contributed by atoms with van der Waals surface area (Å²) in [6.07, 6.45) is 3.95. The first-order valence-electron chi connectivity index (χ1n) is 10.5. The molecule has 2 aromatic carbocycles. The highest BCUT2D eigenvalue weighted by Crippen LogP contribution is 2.39. The maximum Gasteiger partial charge on any atom is 0.303 e. The van der Waals surface area contributed by atoms with E-state index >= 15 is 0 Å². The number of carbonyl (C=O) groups is 2. The van der Waals surface area contributed by atoms with E-state index in [0.717, 1.165) is 22.0 Å². The van der Waals surface area contributed by atoms with Crippen molar-refractivity contribution in [3.63, 3.8) is 0 Å². The molecule has 10 heteroatoms. The molecule has 34 heavy (non-hydrogen) atoms. The van der Waals surface area contributed by atoms with Gasteiger partial charge in [0.25, 0.3) is 5.91 Å². The number of aliphatic carboxylic acids is 1. The van der Waals surface area contributed by atoms with E-state index in [0.29, 0.717) is 51.2 Å². The summed E-state index contributed by atoms with van der Waals surface area (Å²) in [5.41, 5.74) is 1.80. The molecular weight excluding hydrogens is 606 g/mol. The lowest BCUT2D eigenvalue weighted by atomic mass is 10.1. The Morgan fingerprint density at radius 2 is 1.91 bits per heavy atom. The van der Waals surface area contributed by atoms with Crippen LogP contribution in [0.25, 0.3) is 6.08 Å². The summed E-state index contributed by atoms with van der Waals surface area (Å²) < 4.78 is 13.8. The summed E-state index contributed by atoms with van der Waals surface area (Å²) in [6.45, 7) is 0.865. The molecule has 0 atom stereocenters. The molecule has 1 aliphatic heterocycles. The lowest BCUT2D eigenvalue weighted by molar-refractivity contribution is -0.137. The van der Waals surface area contributed by atoms with Crippen LogP contribution in [0.4, 0.5) is 0 Å². The van der Waals surface area contributed by atoms with Crippen molar-refractivity contribution in [2.45, 2.75) is 32.3 Å². The van der Waals surface area contributed by atoms with Crippen LogP contribution >= 0.6 is 55.8 Å². The van der Waals surface area contributed by atoms with Gasteiger partial charge in [0.1, 0.15) is 10.9 Å². The van der Waals surface area contributed by atoms with Crippen LogP contribution in [0.3, 0.4) is 0 Å². The number of nitrogens with zero attached hydrogens (tertiary/aromatic N) is 1. The Morgan fingerprint density at radius 1 is 1.18 bits per heavy atom. The molecule has 1 fully saturated rings. The molecule has 0 unspecified atom stereocenters. The second kappa shape index (κ2) is 12.7. The molecule has 6 nitrogen and oxygen atoms in total. The minimum atomic E-state index is -0.806. The van der Waals surface area contributed by atoms with E-state index in [9.17, 15) is 9.59 Å². The predicted molar refractivity (Wildman–Crippen MR) is 145 cm³/mol. The van der Waals surface area contributed by atoms with Gasteiger partial charge in [-0.15, -0.1) is 0 Å². The average Bonchev–Trinajstić information content (AvgIpc) is 3.05. The van der Waals surface area contributed by atoms with Crippen LogP contribution < -0.4 is 9.47 Å². The van der Waals surface area contributed by atoms with E-state index in [-0.39, 0.29) is 12.3 Å². The maximum atomic E-state index is 12.9. The molecular formula is C24H23Br2NO5S2. The number of halogens is 2. The minimum Gasteiger partial charge on any atom is -0.493 e. The third-order valence-corrected chi connectivity index (χ3v) is 7.49. The lowest BCUT2D eigenvalue weighted by Crippen LogP contribution is -2.29. The number of unbranched alkanes of at least 4 members (excludes halogenated alkanes) is 2. The fourth-order valence-electron chi connectivity index (χ4n) is 3.27. The Labute approximate surface area is 224 Å². The highest BCUT2D eigenvalue weighted by molar-refractivity contribution is 9.10. The smallest absolute Gasteiger partial charge is 0.303 e. The molecule has 180 valence electrons. The van der Waals surface area contributed by atoms with Crippen molar-refractivity contribution in [1.82, 2.24) is 4.90 Å². The van der Waals surface area contributed by atoms with Crippen molar-refractivity contribution in [3.8, 4) is 11.5 Å². The van der Waals surface area contributed by atoms with Crippen LogP contribution in [0.5, 0.6) is 11.5 Å². The number of amides is 1. The Hall–Kier alpha value is -1.88. The van der Waals surface area contributed by atoms with Crippen molar-refractivity contribution in [3.05, 3.63) is 61.4 Å². The number of hydrogen-bond donors (Lipinski definition) is 1. The third kappa shape index (κ3) is 7.31. The SMILES string of the molecule is COc1cc(/C=C2/SC(=S)N(CCCCCC(=O)O)C2=O)cc(Br)c1OCc1ccc(Br)cc1. The van der Waals surface area contributed by atoms with Gasteiger partial charge < -0.3 is 14.6 Å². The molecule has 1 amide bonds. The van der Waals surface area contributed by atoms with Gasteiger partial charge in [-0.25, -0.2) is 0 Å². The Kier molecular flexibility index (Phi) is 9.99. The summed E-state index contributed by atoms with van der Waals surface area (Å²) in [4.78, 5) is 25.6. The van der Waals surface area contributed by atoms with Gasteiger partial charge >= 0.3 is 5.97 Å². The highest BCUT2D eigenvalue weighted by Gasteiger charge is 2.31. The fraction of sp³-hybridized carbons (Fsp3) is 0.292. The number of ether oxygens (including phenoxy) is 2. The van der Waals surface area contributed by atoms with Crippen LogP contribution in [-0.4, -0.2) is 39.9 Å². The first-order chi connectivity index (χ1) is 16.3. The molecule has 0 aliphatic carbocycles. The van der Waals surface area contributed by atoms with Crippen molar-refractivity contribution in [2.24, 2.45) is 0 Å². The van der Waals surface area contributed by atoms with Gasteiger partial charge in [-0.05, 0) is 70.2 Å². The summed E-state index contributed by atoms with van der Waals surface area (Å²) in [6, 6.07) is 11.6. The van der Waals surface area contributed by atoms with E-state index in [1.54, 1.807) is 18.1 Å². The van der Waals surface area contributed by atoms with Gasteiger partial charge in [0.15, 0.2) is 11.5 Å². The molecule has 1 heterocycles. The first kappa shape index (κ1) is 26.7. The average molecular weight is 629 g/mol. The molecule has 1 saturated heterocycles.